The van der Waals surface area contributed by atoms with Gasteiger partial charge in [0.15, 0.2) is 11.5 Å². The zero-order valence-electron chi connectivity index (χ0n) is 22.7. The Morgan fingerprint density at radius 2 is 1.98 bits per heavy atom. The van der Waals surface area contributed by atoms with E-state index in [2.05, 4.69) is 31.4 Å². The first-order valence-electron chi connectivity index (χ1n) is 13.2. The van der Waals surface area contributed by atoms with Crippen molar-refractivity contribution in [2.75, 3.05) is 11.1 Å². The summed E-state index contributed by atoms with van der Waals surface area (Å²) < 4.78 is 16.4. The van der Waals surface area contributed by atoms with Crippen LogP contribution in [0.25, 0.3) is 17.2 Å². The minimum Gasteiger partial charge on any atom is -0.383 e. The van der Waals surface area contributed by atoms with E-state index in [1.165, 1.54) is 12.5 Å². The van der Waals surface area contributed by atoms with Crippen LogP contribution < -0.4 is 11.1 Å². The molecule has 5 heterocycles. The monoisotopic (exact) mass is 540 g/mol. The summed E-state index contributed by atoms with van der Waals surface area (Å²) in [5, 5.41) is 16.4. The van der Waals surface area contributed by atoms with Crippen LogP contribution in [-0.2, 0) is 16.6 Å². The fourth-order valence-corrected chi connectivity index (χ4v) is 5.34. The van der Waals surface area contributed by atoms with Gasteiger partial charge in [-0.3, -0.25) is 9.78 Å². The zero-order chi connectivity index (χ0) is 28.4. The molecular formula is C28H29FN10O. The number of nitrogens with two attached hydrogens (primary N) is 1. The van der Waals surface area contributed by atoms with E-state index in [4.69, 9.17) is 15.7 Å². The third kappa shape index (κ3) is 3.87. The zero-order valence-corrected chi connectivity index (χ0v) is 22.7. The Kier molecular flexibility index (Phi) is 5.62. The minimum absolute atomic E-state index is 0.00901. The summed E-state index contributed by atoms with van der Waals surface area (Å²) in [6.07, 6.45) is 7.19. The fraction of sp³-hybridized carbons (Fsp3) is 0.429. The van der Waals surface area contributed by atoms with Gasteiger partial charge in [-0.05, 0) is 63.0 Å². The molecule has 1 saturated carbocycles. The first-order valence-corrected chi connectivity index (χ1v) is 13.2. The molecule has 4 aromatic rings. The van der Waals surface area contributed by atoms with Gasteiger partial charge in [0.2, 0.25) is 5.91 Å². The molecule has 0 radical (unpaired) electrons. The van der Waals surface area contributed by atoms with Gasteiger partial charge in [-0.2, -0.15) is 10.4 Å². The van der Waals surface area contributed by atoms with Gasteiger partial charge in [-0.15, -0.1) is 0 Å². The number of aromatic nitrogens is 7. The quantitative estimate of drug-likeness (QED) is 0.355. The molecule has 0 aromatic carbocycles. The number of anilines is 2. The van der Waals surface area contributed by atoms with E-state index in [0.717, 1.165) is 12.8 Å². The molecule has 0 bridgehead atoms. The maximum atomic E-state index is 14.8. The van der Waals surface area contributed by atoms with Gasteiger partial charge in [0.1, 0.15) is 40.8 Å². The highest BCUT2D eigenvalue weighted by molar-refractivity contribution is 6.09. The number of hydrogen-bond donors (Lipinski definition) is 2. The molecule has 1 unspecified atom stereocenters. The van der Waals surface area contributed by atoms with Gasteiger partial charge >= 0.3 is 0 Å². The molecule has 2 aliphatic rings. The largest absolute Gasteiger partial charge is 0.383 e. The molecule has 1 aliphatic carbocycles. The van der Waals surface area contributed by atoms with E-state index in [-0.39, 0.29) is 23.5 Å². The van der Waals surface area contributed by atoms with Crippen LogP contribution in [0.15, 0.2) is 30.9 Å². The van der Waals surface area contributed by atoms with Gasteiger partial charge in [-0.25, -0.2) is 28.8 Å². The highest BCUT2D eigenvalue weighted by Crippen LogP contribution is 2.57. The molecule has 3 N–H and O–H groups in total. The number of hydrogen-bond acceptors (Lipinski definition) is 9. The third-order valence-electron chi connectivity index (χ3n) is 8.56. The highest BCUT2D eigenvalue weighted by atomic mass is 19.1. The summed E-state index contributed by atoms with van der Waals surface area (Å²) in [5.74, 6) is 0.411. The molecule has 1 amide bonds. The lowest BCUT2D eigenvalue weighted by molar-refractivity contribution is -0.120. The van der Waals surface area contributed by atoms with Crippen LogP contribution in [0.2, 0.25) is 0 Å². The van der Waals surface area contributed by atoms with E-state index in [0.29, 0.717) is 52.5 Å². The number of halogens is 1. The number of carbonyl (C=O) groups excluding carboxylic acids is 1. The number of fused-ring (bicyclic) bond motifs is 2. The second-order valence-corrected chi connectivity index (χ2v) is 11.7. The van der Waals surface area contributed by atoms with E-state index in [9.17, 15) is 14.4 Å². The van der Waals surface area contributed by atoms with Crippen molar-refractivity contribution in [2.24, 2.45) is 11.3 Å². The Hall–Kier alpha value is -4.53. The Labute approximate surface area is 230 Å². The summed E-state index contributed by atoms with van der Waals surface area (Å²) in [5.41, 5.74) is 6.45. The van der Waals surface area contributed by atoms with Gasteiger partial charge in [0.25, 0.3) is 0 Å². The van der Waals surface area contributed by atoms with Crippen molar-refractivity contribution in [1.29, 1.82) is 5.26 Å². The SMILES string of the molecule is CC(C)(F)C(C)(C)CCc1nc(-c2nc(N)c3c(n2)NC(=O)C3(c2ccc(C#N)cn2)C2CC2)cn2ncnc12. The molecule has 1 fully saturated rings. The molecule has 1 aliphatic heterocycles. The molecule has 4 aromatic heterocycles. The Bertz CT molecular complexity index is 1700. The third-order valence-corrected chi connectivity index (χ3v) is 8.56. The normalized spacial score (nSPS) is 18.9. The van der Waals surface area contributed by atoms with Gasteiger partial charge in [0.05, 0.1) is 28.7 Å². The number of pyridine rings is 1. The van der Waals surface area contributed by atoms with Gasteiger partial charge in [-0.1, -0.05) is 13.8 Å². The van der Waals surface area contributed by atoms with E-state index >= 15 is 0 Å². The highest BCUT2D eigenvalue weighted by Gasteiger charge is 2.60. The number of nitrogens with one attached hydrogen (secondary N) is 1. The van der Waals surface area contributed by atoms with Gasteiger partial charge in [0, 0.05) is 6.20 Å². The van der Waals surface area contributed by atoms with Crippen LogP contribution in [0.3, 0.4) is 0 Å². The first kappa shape index (κ1) is 25.7. The molecule has 12 heteroatoms. The fourth-order valence-electron chi connectivity index (χ4n) is 5.34. The number of rotatable bonds is 7. The topological polar surface area (TPSA) is 161 Å². The molecule has 6 rings (SSSR count). The standard InChI is InChI=1S/C28H29FN10O/c1-26(2,27(3,4)29)10-9-17-24-33-14-34-39(24)13-18(35-17)22-36-21(31)20-23(37-22)38-25(40)28(20,16-6-7-16)19-8-5-15(11-30)12-32-19/h5,8,12-14,16H,6-7,9-10H2,1-4H3,(H3,31,36,37,38,40). The average Bonchev–Trinajstić information content (AvgIpc) is 3.56. The van der Waals surface area contributed by atoms with Crippen LogP contribution in [0, 0.1) is 22.7 Å². The number of nitrogen functional groups attached to an aromatic ring is 1. The van der Waals surface area contributed by atoms with E-state index in [1.54, 1.807) is 36.7 Å². The predicted octanol–water partition coefficient (Wildman–Crippen LogP) is 3.79. The van der Waals surface area contributed by atoms with Crippen molar-refractivity contribution in [3.05, 3.63) is 53.4 Å². The number of nitrogens with zero attached hydrogens (tertiary/aromatic N) is 8. The number of carbonyl (C=O) groups is 1. The molecule has 204 valence electrons. The molecule has 40 heavy (non-hydrogen) atoms. The molecular weight excluding hydrogens is 511 g/mol. The summed E-state index contributed by atoms with van der Waals surface area (Å²) >= 11 is 0. The summed E-state index contributed by atoms with van der Waals surface area (Å²) in [7, 11) is 0. The molecule has 0 spiro atoms. The number of amides is 1. The van der Waals surface area contributed by atoms with E-state index < -0.39 is 16.5 Å². The lowest BCUT2D eigenvalue weighted by Gasteiger charge is -2.35. The van der Waals surface area contributed by atoms with Crippen molar-refractivity contribution in [3.63, 3.8) is 0 Å². The number of aryl methyl sites for hydroxylation is 1. The Morgan fingerprint density at radius 3 is 2.62 bits per heavy atom. The smallest absolute Gasteiger partial charge is 0.242 e. The average molecular weight is 541 g/mol. The van der Waals surface area contributed by atoms with Crippen LogP contribution in [0.4, 0.5) is 16.0 Å². The van der Waals surface area contributed by atoms with E-state index in [1.807, 2.05) is 13.8 Å². The molecule has 11 nitrogen and oxygen atoms in total. The number of alkyl halides is 1. The van der Waals surface area contributed by atoms with Crippen LogP contribution in [-0.4, -0.2) is 46.1 Å². The van der Waals surface area contributed by atoms with Crippen molar-refractivity contribution in [1.82, 2.24) is 34.5 Å². The minimum atomic E-state index is -1.39. The van der Waals surface area contributed by atoms with Crippen LogP contribution in [0.1, 0.15) is 69.5 Å². The van der Waals surface area contributed by atoms with Crippen molar-refractivity contribution < 1.29 is 9.18 Å². The lowest BCUT2D eigenvalue weighted by Crippen LogP contribution is -2.39. The van der Waals surface area contributed by atoms with Crippen molar-refractivity contribution >= 4 is 23.2 Å². The Morgan fingerprint density at radius 1 is 1.20 bits per heavy atom. The maximum absolute atomic E-state index is 14.8. The van der Waals surface area contributed by atoms with Crippen LogP contribution in [0.5, 0.6) is 0 Å². The predicted molar refractivity (Wildman–Crippen MR) is 145 cm³/mol. The lowest BCUT2D eigenvalue weighted by atomic mass is 9.74. The Balaban J connectivity index is 1.43. The van der Waals surface area contributed by atoms with Gasteiger partial charge < -0.3 is 11.1 Å². The molecule has 1 atom stereocenters. The first-order chi connectivity index (χ1) is 19.0. The summed E-state index contributed by atoms with van der Waals surface area (Å²) in [6.45, 7) is 6.93. The summed E-state index contributed by atoms with van der Waals surface area (Å²) in [4.78, 5) is 36.5. The van der Waals surface area contributed by atoms with Crippen LogP contribution >= 0.6 is 0 Å². The number of nitriles is 1. The second-order valence-electron chi connectivity index (χ2n) is 11.7. The second kappa shape index (κ2) is 8.74. The van der Waals surface area contributed by atoms with Crippen molar-refractivity contribution in [2.45, 2.75) is 64.5 Å². The maximum Gasteiger partial charge on any atom is 0.242 e. The molecule has 0 saturated heterocycles. The van der Waals surface area contributed by atoms with Crippen molar-refractivity contribution in [3.8, 4) is 17.6 Å². The summed E-state index contributed by atoms with van der Waals surface area (Å²) in [6, 6.07) is 5.41.